The van der Waals surface area contributed by atoms with Crippen molar-refractivity contribution in [1.29, 1.82) is 0 Å². The minimum absolute atomic E-state index is 0.176. The van der Waals surface area contributed by atoms with Crippen LogP contribution in [0.25, 0.3) is 10.9 Å². The molecule has 0 saturated carbocycles. The van der Waals surface area contributed by atoms with Gasteiger partial charge in [-0.2, -0.15) is 0 Å². The SMILES string of the molecule is CCCCN(CC)C(=O)c1c(C)c2cc(CC)ccc2n1CC. The molecule has 23 heavy (non-hydrogen) atoms. The Morgan fingerprint density at radius 3 is 2.48 bits per heavy atom. The first kappa shape index (κ1) is 17.6. The predicted molar refractivity (Wildman–Crippen MR) is 98.2 cm³/mol. The van der Waals surface area contributed by atoms with E-state index in [1.165, 1.54) is 16.5 Å². The number of fused-ring (bicyclic) bond motifs is 1. The van der Waals surface area contributed by atoms with E-state index in [2.05, 4.69) is 57.4 Å². The van der Waals surface area contributed by atoms with Crippen molar-refractivity contribution in [2.75, 3.05) is 13.1 Å². The highest BCUT2D eigenvalue weighted by molar-refractivity contribution is 6.01. The van der Waals surface area contributed by atoms with Gasteiger partial charge < -0.3 is 9.47 Å². The van der Waals surface area contributed by atoms with Crippen molar-refractivity contribution in [2.45, 2.75) is 60.4 Å². The second-order valence-electron chi connectivity index (χ2n) is 6.16. The van der Waals surface area contributed by atoms with Gasteiger partial charge in [0.15, 0.2) is 0 Å². The van der Waals surface area contributed by atoms with E-state index in [1.54, 1.807) is 0 Å². The summed E-state index contributed by atoms with van der Waals surface area (Å²) in [7, 11) is 0. The van der Waals surface area contributed by atoms with E-state index in [9.17, 15) is 4.79 Å². The van der Waals surface area contributed by atoms with E-state index >= 15 is 0 Å². The molecular formula is C20H30N2O. The van der Waals surface area contributed by atoms with Crippen LogP contribution < -0.4 is 0 Å². The molecule has 0 N–H and O–H groups in total. The van der Waals surface area contributed by atoms with Crippen molar-refractivity contribution in [1.82, 2.24) is 9.47 Å². The average molecular weight is 314 g/mol. The summed E-state index contributed by atoms with van der Waals surface area (Å²) in [6.07, 6.45) is 3.19. The molecule has 0 saturated heterocycles. The minimum atomic E-state index is 0.176. The summed E-state index contributed by atoms with van der Waals surface area (Å²) in [5, 5.41) is 1.22. The zero-order valence-electron chi connectivity index (χ0n) is 15.3. The molecule has 0 unspecified atom stereocenters. The number of aryl methyl sites for hydroxylation is 3. The topological polar surface area (TPSA) is 25.2 Å². The highest BCUT2D eigenvalue weighted by Crippen LogP contribution is 2.28. The van der Waals surface area contributed by atoms with Crippen LogP contribution in [-0.2, 0) is 13.0 Å². The van der Waals surface area contributed by atoms with Gasteiger partial charge in [0.1, 0.15) is 5.69 Å². The van der Waals surface area contributed by atoms with Gasteiger partial charge in [0, 0.05) is 30.5 Å². The van der Waals surface area contributed by atoms with Crippen molar-refractivity contribution in [3.63, 3.8) is 0 Å². The third-order valence-corrected chi connectivity index (χ3v) is 4.76. The molecule has 0 spiro atoms. The number of hydrogen-bond acceptors (Lipinski definition) is 1. The lowest BCUT2D eigenvalue weighted by Crippen LogP contribution is -2.33. The Labute approximate surface area is 140 Å². The molecule has 3 nitrogen and oxygen atoms in total. The lowest BCUT2D eigenvalue weighted by Gasteiger charge is -2.22. The van der Waals surface area contributed by atoms with Gasteiger partial charge in [-0.25, -0.2) is 0 Å². The van der Waals surface area contributed by atoms with E-state index < -0.39 is 0 Å². The summed E-state index contributed by atoms with van der Waals surface area (Å²) in [4.78, 5) is 15.1. The summed E-state index contributed by atoms with van der Waals surface area (Å²) < 4.78 is 2.18. The molecule has 2 aromatic rings. The smallest absolute Gasteiger partial charge is 0.270 e. The molecule has 0 fully saturated rings. The molecular weight excluding hydrogens is 284 g/mol. The number of carbonyl (C=O) groups is 1. The van der Waals surface area contributed by atoms with E-state index in [1.807, 2.05) is 4.90 Å². The maximum absolute atomic E-state index is 13.1. The molecule has 126 valence electrons. The molecule has 0 atom stereocenters. The third kappa shape index (κ3) is 3.29. The van der Waals surface area contributed by atoms with Crippen molar-refractivity contribution >= 4 is 16.8 Å². The van der Waals surface area contributed by atoms with Crippen molar-refractivity contribution < 1.29 is 4.79 Å². The standard InChI is InChI=1S/C20H30N2O/c1-6-10-13-21(8-3)20(23)19-15(5)17-14-16(7-2)11-12-18(17)22(19)9-4/h11-12,14H,6-10,13H2,1-5H3. The molecule has 1 heterocycles. The lowest BCUT2D eigenvalue weighted by atomic mass is 10.1. The molecule has 1 aromatic heterocycles. The highest BCUT2D eigenvalue weighted by atomic mass is 16.2. The molecule has 0 aliphatic carbocycles. The van der Waals surface area contributed by atoms with Gasteiger partial charge in [-0.05, 0) is 56.9 Å². The number of rotatable bonds is 7. The number of unbranched alkanes of at least 4 members (excludes halogenated alkanes) is 1. The van der Waals surface area contributed by atoms with E-state index in [0.717, 1.165) is 50.2 Å². The van der Waals surface area contributed by atoms with Crippen molar-refractivity contribution in [3.8, 4) is 0 Å². The monoisotopic (exact) mass is 314 g/mol. The van der Waals surface area contributed by atoms with Gasteiger partial charge in [-0.3, -0.25) is 4.79 Å². The van der Waals surface area contributed by atoms with E-state index in [0.29, 0.717) is 0 Å². The first-order valence-electron chi connectivity index (χ1n) is 8.99. The Morgan fingerprint density at radius 1 is 1.17 bits per heavy atom. The zero-order chi connectivity index (χ0) is 17.0. The average Bonchev–Trinajstić information content (AvgIpc) is 2.86. The van der Waals surface area contributed by atoms with Crippen molar-refractivity contribution in [3.05, 3.63) is 35.0 Å². The second kappa shape index (κ2) is 7.67. The van der Waals surface area contributed by atoms with Crippen LogP contribution in [0.2, 0.25) is 0 Å². The van der Waals surface area contributed by atoms with Crippen LogP contribution >= 0.6 is 0 Å². The number of aromatic nitrogens is 1. The fraction of sp³-hybridized carbons (Fsp3) is 0.550. The molecule has 0 radical (unpaired) electrons. The fourth-order valence-electron chi connectivity index (χ4n) is 3.30. The van der Waals surface area contributed by atoms with Crippen LogP contribution in [-0.4, -0.2) is 28.5 Å². The lowest BCUT2D eigenvalue weighted by molar-refractivity contribution is 0.0751. The zero-order valence-corrected chi connectivity index (χ0v) is 15.3. The Morgan fingerprint density at radius 2 is 1.91 bits per heavy atom. The summed E-state index contributed by atoms with van der Waals surface area (Å²) in [5.74, 6) is 0.176. The molecule has 0 aliphatic heterocycles. The maximum Gasteiger partial charge on any atom is 0.270 e. The summed E-state index contributed by atoms with van der Waals surface area (Å²) in [5.41, 5.74) is 4.49. The maximum atomic E-state index is 13.1. The van der Waals surface area contributed by atoms with E-state index in [4.69, 9.17) is 0 Å². The largest absolute Gasteiger partial charge is 0.338 e. The number of hydrogen-bond donors (Lipinski definition) is 0. The summed E-state index contributed by atoms with van der Waals surface area (Å²) in [6.45, 7) is 13.0. The molecule has 3 heteroatoms. The van der Waals surface area contributed by atoms with Gasteiger partial charge in [0.25, 0.3) is 5.91 Å². The number of amides is 1. The molecule has 2 rings (SSSR count). The first-order valence-corrected chi connectivity index (χ1v) is 8.99. The quantitative estimate of drug-likeness (QED) is 0.721. The van der Waals surface area contributed by atoms with Crippen LogP contribution in [0.1, 0.15) is 62.2 Å². The molecule has 0 bridgehead atoms. The first-order chi connectivity index (χ1) is 11.1. The van der Waals surface area contributed by atoms with Crippen LogP contribution in [0, 0.1) is 6.92 Å². The number of carbonyl (C=O) groups excluding carboxylic acids is 1. The Balaban J connectivity index is 2.54. The Bertz CT molecular complexity index is 684. The van der Waals surface area contributed by atoms with Gasteiger partial charge in [0.2, 0.25) is 0 Å². The van der Waals surface area contributed by atoms with Gasteiger partial charge >= 0.3 is 0 Å². The van der Waals surface area contributed by atoms with Crippen LogP contribution in [0.15, 0.2) is 18.2 Å². The minimum Gasteiger partial charge on any atom is -0.338 e. The number of benzene rings is 1. The summed E-state index contributed by atoms with van der Waals surface area (Å²) >= 11 is 0. The fourth-order valence-corrected chi connectivity index (χ4v) is 3.30. The van der Waals surface area contributed by atoms with Crippen molar-refractivity contribution in [2.24, 2.45) is 0 Å². The second-order valence-corrected chi connectivity index (χ2v) is 6.16. The predicted octanol–water partition coefficient (Wildman–Crippen LogP) is 4.79. The van der Waals surface area contributed by atoms with E-state index in [-0.39, 0.29) is 5.91 Å². The number of nitrogens with zero attached hydrogens (tertiary/aromatic N) is 2. The summed E-state index contributed by atoms with van der Waals surface area (Å²) in [6, 6.07) is 6.59. The van der Waals surface area contributed by atoms with Crippen LogP contribution in [0.3, 0.4) is 0 Å². The molecule has 0 aliphatic rings. The normalized spacial score (nSPS) is 11.2. The van der Waals surface area contributed by atoms with Gasteiger partial charge in [-0.15, -0.1) is 0 Å². The van der Waals surface area contributed by atoms with Gasteiger partial charge in [-0.1, -0.05) is 26.3 Å². The molecule has 1 amide bonds. The Hall–Kier alpha value is -1.77. The Kier molecular flexibility index (Phi) is 5.86. The highest BCUT2D eigenvalue weighted by Gasteiger charge is 2.23. The van der Waals surface area contributed by atoms with Crippen LogP contribution in [0.5, 0.6) is 0 Å². The molecule has 1 aromatic carbocycles. The third-order valence-electron chi connectivity index (χ3n) is 4.76. The van der Waals surface area contributed by atoms with Crippen LogP contribution in [0.4, 0.5) is 0 Å². The van der Waals surface area contributed by atoms with Gasteiger partial charge in [0.05, 0.1) is 0 Å².